The molecule has 0 spiro atoms. The van der Waals surface area contributed by atoms with Gasteiger partial charge in [0.05, 0.1) is 0 Å². The average molecular weight is 124 g/mol. The Hall–Kier alpha value is -0.0100. The van der Waals surface area contributed by atoms with Gasteiger partial charge < -0.3 is 0 Å². The van der Waals surface area contributed by atoms with Gasteiger partial charge in [0.15, 0.2) is 0 Å². The Morgan fingerprint density at radius 2 is 2.57 bits per heavy atom. The molecule has 7 heavy (non-hydrogen) atoms. The molecule has 0 rings (SSSR count). The standard InChI is InChI=1S/C3H6FO2P/c1-2-3(4)6-7-5/h3H,2H2,1H3. The summed E-state index contributed by atoms with van der Waals surface area (Å²) in [5.74, 6) is 0. The van der Waals surface area contributed by atoms with Crippen molar-refractivity contribution in [2.75, 3.05) is 0 Å². The van der Waals surface area contributed by atoms with E-state index in [0.29, 0.717) is 0 Å². The molecule has 0 fully saturated rings. The monoisotopic (exact) mass is 124 g/mol. The first-order valence-electron chi connectivity index (χ1n) is 1.93. The molecule has 0 radical (unpaired) electrons. The van der Waals surface area contributed by atoms with Crippen LogP contribution in [-0.4, -0.2) is 6.36 Å². The highest BCUT2D eigenvalue weighted by Gasteiger charge is 1.99. The lowest BCUT2D eigenvalue weighted by Crippen LogP contribution is -1.93. The van der Waals surface area contributed by atoms with Crippen molar-refractivity contribution in [3.8, 4) is 0 Å². The summed E-state index contributed by atoms with van der Waals surface area (Å²) in [6.07, 6.45) is -1.13. The van der Waals surface area contributed by atoms with Gasteiger partial charge in [-0.05, 0) is 0 Å². The summed E-state index contributed by atoms with van der Waals surface area (Å²) >= 11 is 0. The molecular weight excluding hydrogens is 118 g/mol. The molecule has 42 valence electrons. The SMILES string of the molecule is CCC(F)OP=O. The molecule has 0 aromatic rings. The van der Waals surface area contributed by atoms with E-state index in [4.69, 9.17) is 0 Å². The largest absolute Gasteiger partial charge is 0.330 e. The van der Waals surface area contributed by atoms with Gasteiger partial charge in [0.1, 0.15) is 0 Å². The Bertz CT molecular complexity index is 58.9. The van der Waals surface area contributed by atoms with Gasteiger partial charge in [-0.3, -0.25) is 4.52 Å². The van der Waals surface area contributed by atoms with Crippen LogP contribution in [0, 0.1) is 0 Å². The molecule has 0 aliphatic rings. The van der Waals surface area contributed by atoms with E-state index in [1.165, 1.54) is 0 Å². The second kappa shape index (κ2) is 4.16. The fourth-order valence-electron chi connectivity index (χ4n) is 0.121. The predicted octanol–water partition coefficient (Wildman–Crippen LogP) is 1.92. The predicted molar refractivity (Wildman–Crippen MR) is 23.9 cm³/mol. The normalized spacial score (nSPS) is 14.6. The number of rotatable bonds is 3. The Morgan fingerprint density at radius 1 is 2.00 bits per heavy atom. The van der Waals surface area contributed by atoms with Crippen LogP contribution in [0.3, 0.4) is 0 Å². The number of hydrogen-bond donors (Lipinski definition) is 0. The van der Waals surface area contributed by atoms with E-state index >= 15 is 0 Å². The average Bonchev–Trinajstić information content (AvgIpc) is 1.68. The lowest BCUT2D eigenvalue weighted by atomic mass is 10.5. The molecule has 0 aliphatic heterocycles. The van der Waals surface area contributed by atoms with Gasteiger partial charge >= 0.3 is 8.69 Å². The van der Waals surface area contributed by atoms with Crippen LogP contribution in [0.15, 0.2) is 0 Å². The summed E-state index contributed by atoms with van der Waals surface area (Å²) in [5.41, 5.74) is 0. The molecule has 4 heteroatoms. The highest BCUT2D eigenvalue weighted by Crippen LogP contribution is 2.06. The smallest absolute Gasteiger partial charge is 0.258 e. The van der Waals surface area contributed by atoms with E-state index in [-0.39, 0.29) is 6.42 Å². The Balaban J connectivity index is 2.98. The fourth-order valence-corrected chi connectivity index (χ4v) is 0.364. The van der Waals surface area contributed by atoms with Crippen molar-refractivity contribution in [1.82, 2.24) is 0 Å². The summed E-state index contributed by atoms with van der Waals surface area (Å²) < 4.78 is 25.1. The molecule has 0 aliphatic carbocycles. The van der Waals surface area contributed by atoms with Gasteiger partial charge in [-0.15, -0.1) is 0 Å². The van der Waals surface area contributed by atoms with Gasteiger partial charge in [-0.1, -0.05) is 6.92 Å². The zero-order valence-electron chi connectivity index (χ0n) is 3.93. The van der Waals surface area contributed by atoms with Crippen LogP contribution >= 0.6 is 8.69 Å². The molecule has 0 heterocycles. The maximum Gasteiger partial charge on any atom is 0.330 e. The van der Waals surface area contributed by atoms with Crippen molar-refractivity contribution < 1.29 is 13.5 Å². The van der Waals surface area contributed by atoms with Crippen LogP contribution in [0.4, 0.5) is 4.39 Å². The highest BCUT2D eigenvalue weighted by atomic mass is 31.1. The van der Waals surface area contributed by atoms with E-state index in [2.05, 4.69) is 4.52 Å². The van der Waals surface area contributed by atoms with E-state index in [9.17, 15) is 8.96 Å². The molecule has 0 saturated carbocycles. The third-order valence-corrected chi connectivity index (χ3v) is 0.793. The van der Waals surface area contributed by atoms with Crippen molar-refractivity contribution in [1.29, 1.82) is 0 Å². The number of hydrogen-bond acceptors (Lipinski definition) is 2. The van der Waals surface area contributed by atoms with Crippen molar-refractivity contribution in [3.63, 3.8) is 0 Å². The Kier molecular flexibility index (Phi) is 4.15. The third-order valence-electron chi connectivity index (χ3n) is 0.478. The topological polar surface area (TPSA) is 26.3 Å². The van der Waals surface area contributed by atoms with E-state index in [1.807, 2.05) is 0 Å². The molecule has 1 unspecified atom stereocenters. The quantitative estimate of drug-likeness (QED) is 0.537. The number of alkyl halides is 1. The first kappa shape index (κ1) is 6.99. The molecule has 0 aromatic carbocycles. The van der Waals surface area contributed by atoms with E-state index in [0.717, 1.165) is 0 Å². The molecular formula is C3H6FO2P. The second-order valence-electron chi connectivity index (χ2n) is 0.998. The van der Waals surface area contributed by atoms with Crippen LogP contribution in [0.2, 0.25) is 0 Å². The summed E-state index contributed by atoms with van der Waals surface area (Å²) in [4.78, 5) is 0. The zero-order chi connectivity index (χ0) is 5.70. The summed E-state index contributed by atoms with van der Waals surface area (Å²) in [7, 11) is -0.585. The molecule has 0 saturated heterocycles. The van der Waals surface area contributed by atoms with Gasteiger partial charge in [-0.2, -0.15) is 0 Å². The molecule has 1 atom stereocenters. The highest BCUT2D eigenvalue weighted by molar-refractivity contribution is 7.17. The number of halogens is 1. The first-order chi connectivity index (χ1) is 3.31. The van der Waals surface area contributed by atoms with Crippen molar-refractivity contribution >= 4 is 8.69 Å². The maximum absolute atomic E-state index is 11.7. The summed E-state index contributed by atoms with van der Waals surface area (Å²) in [6.45, 7) is 1.61. The second-order valence-corrected chi connectivity index (χ2v) is 1.36. The minimum Gasteiger partial charge on any atom is -0.258 e. The van der Waals surface area contributed by atoms with Crippen molar-refractivity contribution in [3.05, 3.63) is 0 Å². The molecule has 0 aromatic heterocycles. The molecule has 0 bridgehead atoms. The minimum atomic E-state index is -1.38. The van der Waals surface area contributed by atoms with E-state index in [1.54, 1.807) is 6.92 Å². The van der Waals surface area contributed by atoms with Gasteiger partial charge in [-0.25, -0.2) is 8.96 Å². The van der Waals surface area contributed by atoms with Gasteiger partial charge in [0.25, 0.3) is 0 Å². The van der Waals surface area contributed by atoms with Crippen molar-refractivity contribution in [2.24, 2.45) is 0 Å². The molecule has 0 amide bonds. The lowest BCUT2D eigenvalue weighted by Gasteiger charge is -1.94. The fraction of sp³-hybridized carbons (Fsp3) is 1.00. The first-order valence-corrected chi connectivity index (χ1v) is 2.66. The zero-order valence-corrected chi connectivity index (χ0v) is 4.82. The van der Waals surface area contributed by atoms with Crippen LogP contribution in [0.25, 0.3) is 0 Å². The van der Waals surface area contributed by atoms with Crippen LogP contribution in [0.5, 0.6) is 0 Å². The summed E-state index contributed by atoms with van der Waals surface area (Å²) in [5, 5.41) is 0. The lowest BCUT2D eigenvalue weighted by molar-refractivity contribution is 0.0782. The molecule has 2 nitrogen and oxygen atoms in total. The Labute approximate surface area is 43.0 Å². The maximum atomic E-state index is 11.7. The van der Waals surface area contributed by atoms with E-state index < -0.39 is 15.0 Å². The van der Waals surface area contributed by atoms with Crippen molar-refractivity contribution in [2.45, 2.75) is 19.7 Å². The van der Waals surface area contributed by atoms with Crippen LogP contribution in [0.1, 0.15) is 13.3 Å². The van der Waals surface area contributed by atoms with Gasteiger partial charge in [0, 0.05) is 6.42 Å². The van der Waals surface area contributed by atoms with Gasteiger partial charge in [0.2, 0.25) is 6.36 Å². The Morgan fingerprint density at radius 3 is 2.71 bits per heavy atom. The summed E-state index contributed by atoms with van der Waals surface area (Å²) in [6, 6.07) is 0. The van der Waals surface area contributed by atoms with Crippen LogP contribution < -0.4 is 0 Å². The third kappa shape index (κ3) is 3.83. The minimum absolute atomic E-state index is 0.245. The molecule has 0 N–H and O–H groups in total. The van der Waals surface area contributed by atoms with Crippen LogP contribution in [-0.2, 0) is 9.09 Å².